The minimum atomic E-state index is -4.68. The summed E-state index contributed by atoms with van der Waals surface area (Å²) in [5, 5.41) is 20.3. The van der Waals surface area contributed by atoms with E-state index in [1.807, 2.05) is 0 Å². The molecule has 0 aliphatic carbocycles. The van der Waals surface area contributed by atoms with Gasteiger partial charge in [0.2, 0.25) is 10.8 Å². The first-order valence-electron chi connectivity index (χ1n) is 8.53. The summed E-state index contributed by atoms with van der Waals surface area (Å²) in [5.41, 5.74) is -0.567. The third-order valence-electron chi connectivity index (χ3n) is 4.06. The molecule has 1 N–H and O–H groups in total. The van der Waals surface area contributed by atoms with Crippen molar-refractivity contribution in [1.29, 1.82) is 0 Å². The van der Waals surface area contributed by atoms with Crippen molar-refractivity contribution < 1.29 is 32.5 Å². The molecule has 0 bridgehead atoms. The van der Waals surface area contributed by atoms with Crippen LogP contribution in [0.2, 0.25) is 0 Å². The summed E-state index contributed by atoms with van der Waals surface area (Å²) < 4.78 is 49.8. The molecule has 2 aromatic carbocycles. The van der Waals surface area contributed by atoms with Crippen molar-refractivity contribution in [3.05, 3.63) is 41.2 Å². The molecule has 3 rings (SSSR count). The molecule has 0 spiro atoms. The van der Waals surface area contributed by atoms with Gasteiger partial charge in [-0.3, -0.25) is 0 Å². The fraction of sp³-hybridized carbons (Fsp3) is 0.222. The fourth-order valence-electron chi connectivity index (χ4n) is 2.66. The second-order valence-corrected chi connectivity index (χ2v) is 8.01. The molecule has 14 heteroatoms. The zero-order chi connectivity index (χ0) is 23.5. The first kappa shape index (κ1) is 23.7. The summed E-state index contributed by atoms with van der Waals surface area (Å²) in [6.45, 7) is 7.01. The largest absolute Gasteiger partial charge is 0.495 e. The molecule has 0 fully saturated rings. The molecule has 9 nitrogen and oxygen atoms in total. The zero-order valence-corrected chi connectivity index (χ0v) is 18.3. The highest BCUT2D eigenvalue weighted by Gasteiger charge is 2.34. The van der Waals surface area contributed by atoms with Gasteiger partial charge in [-0.25, -0.2) is 15.1 Å². The van der Waals surface area contributed by atoms with Crippen LogP contribution < -0.4 is 9.64 Å². The second kappa shape index (κ2) is 9.67. The lowest BCUT2D eigenvalue weighted by molar-refractivity contribution is -0.432. The van der Waals surface area contributed by atoms with E-state index < -0.39 is 17.4 Å². The number of halogens is 3. The molecule has 1 heterocycles. The molecule has 3 aromatic rings. The number of methoxy groups -OCH3 is 1. The Labute approximate surface area is 187 Å². The number of fused-ring (bicyclic) bond motifs is 1. The van der Waals surface area contributed by atoms with Gasteiger partial charge in [-0.2, -0.15) is 13.2 Å². The zero-order valence-electron chi connectivity index (χ0n) is 16.7. The standard InChI is InChI=1S/C18H14F3N5O4S2/c1-22-10-7-15-11(5-9(10)18(19,20)21)23-17(31-15)25-24-12-6-14(28-4)13(26(2)3)8-16(12)32-30-29-27/h5-8,27H,2-4H3. The van der Waals surface area contributed by atoms with Crippen LogP contribution in [0.1, 0.15) is 5.56 Å². The summed E-state index contributed by atoms with van der Waals surface area (Å²) in [4.78, 5) is 9.22. The molecule has 32 heavy (non-hydrogen) atoms. The predicted molar refractivity (Wildman–Crippen MR) is 113 cm³/mol. The predicted octanol–water partition coefficient (Wildman–Crippen LogP) is 6.78. The van der Waals surface area contributed by atoms with Crippen LogP contribution >= 0.6 is 23.4 Å². The van der Waals surface area contributed by atoms with Crippen molar-refractivity contribution >= 4 is 55.8 Å². The molecule has 0 saturated heterocycles. The van der Waals surface area contributed by atoms with Gasteiger partial charge in [-0.05, 0) is 18.2 Å². The van der Waals surface area contributed by atoms with E-state index in [0.717, 1.165) is 23.5 Å². The summed E-state index contributed by atoms with van der Waals surface area (Å²) in [7, 11) is 5.07. The lowest BCUT2D eigenvalue weighted by Crippen LogP contribution is -2.10. The average Bonchev–Trinajstić information content (AvgIpc) is 3.16. The third kappa shape index (κ3) is 5.09. The van der Waals surface area contributed by atoms with Crippen LogP contribution in [0.4, 0.5) is 35.4 Å². The van der Waals surface area contributed by atoms with Crippen LogP contribution in [0.25, 0.3) is 15.1 Å². The van der Waals surface area contributed by atoms with Gasteiger partial charge in [0, 0.05) is 24.9 Å². The second-order valence-electron chi connectivity index (χ2n) is 6.26. The summed E-state index contributed by atoms with van der Waals surface area (Å²) in [6.07, 6.45) is -4.68. The number of benzene rings is 2. The maximum Gasteiger partial charge on any atom is 0.407 e. The van der Waals surface area contributed by atoms with Crippen molar-refractivity contribution in [2.45, 2.75) is 11.1 Å². The molecule has 0 amide bonds. The van der Waals surface area contributed by atoms with Gasteiger partial charge in [-0.15, -0.1) is 14.6 Å². The number of thiazole rings is 1. The quantitative estimate of drug-likeness (QED) is 0.130. The average molecular weight is 485 g/mol. The third-order valence-corrected chi connectivity index (χ3v) is 5.60. The minimum Gasteiger partial charge on any atom is -0.495 e. The molecular weight excluding hydrogens is 471 g/mol. The summed E-state index contributed by atoms with van der Waals surface area (Å²) in [5.74, 6) is 0.471. The monoisotopic (exact) mass is 485 g/mol. The normalized spacial score (nSPS) is 11.8. The fourth-order valence-corrected chi connectivity index (χ4v) is 3.91. The molecule has 1 aromatic heterocycles. The van der Waals surface area contributed by atoms with Crippen molar-refractivity contribution in [3.63, 3.8) is 0 Å². The van der Waals surface area contributed by atoms with E-state index in [9.17, 15) is 13.2 Å². The Morgan fingerprint density at radius 1 is 1.22 bits per heavy atom. The lowest BCUT2D eigenvalue weighted by atomic mass is 10.1. The Hall–Kier alpha value is -2.96. The maximum atomic E-state index is 13.2. The van der Waals surface area contributed by atoms with Crippen LogP contribution in [0.3, 0.4) is 0 Å². The maximum absolute atomic E-state index is 13.2. The Morgan fingerprint density at radius 3 is 2.56 bits per heavy atom. The number of rotatable bonds is 7. The van der Waals surface area contributed by atoms with Gasteiger partial charge in [0.1, 0.15) is 11.4 Å². The van der Waals surface area contributed by atoms with Gasteiger partial charge in [-0.1, -0.05) is 16.4 Å². The minimum absolute atomic E-state index is 0.0517. The van der Waals surface area contributed by atoms with E-state index in [0.29, 0.717) is 33.1 Å². The van der Waals surface area contributed by atoms with Gasteiger partial charge < -0.3 is 9.64 Å². The Kier molecular flexibility index (Phi) is 7.16. The van der Waals surface area contributed by atoms with Gasteiger partial charge in [0.15, 0.2) is 0 Å². The SMILES string of the molecule is [C-]#[N+]c1cc2sc(N=Nc3cc(OC)c(N(C)C)cc3SOOO)nc2cc1C(F)(F)F. The number of hydrogen-bond donors (Lipinski definition) is 1. The van der Waals surface area contributed by atoms with Crippen molar-refractivity contribution in [2.75, 3.05) is 26.1 Å². The molecule has 168 valence electrons. The Bertz CT molecular complexity index is 1210. The van der Waals surface area contributed by atoms with Crippen LogP contribution in [0, 0.1) is 6.57 Å². The highest BCUT2D eigenvalue weighted by Crippen LogP contribution is 2.43. The number of anilines is 1. The van der Waals surface area contributed by atoms with Crippen molar-refractivity contribution in [3.8, 4) is 5.75 Å². The first-order chi connectivity index (χ1) is 15.2. The molecule has 0 saturated carbocycles. The highest BCUT2D eigenvalue weighted by atomic mass is 32.2. The van der Waals surface area contributed by atoms with Crippen molar-refractivity contribution in [1.82, 2.24) is 4.98 Å². The van der Waals surface area contributed by atoms with E-state index >= 15 is 0 Å². The smallest absolute Gasteiger partial charge is 0.407 e. The summed E-state index contributed by atoms with van der Waals surface area (Å²) in [6, 6.07) is 5.17. The van der Waals surface area contributed by atoms with E-state index in [2.05, 4.69) is 29.4 Å². The van der Waals surface area contributed by atoms with Crippen LogP contribution in [-0.4, -0.2) is 31.4 Å². The van der Waals surface area contributed by atoms with Gasteiger partial charge in [0.05, 0.1) is 47.4 Å². The topological polar surface area (TPSA) is 93.1 Å². The van der Waals surface area contributed by atoms with Crippen LogP contribution in [0.15, 0.2) is 39.4 Å². The number of ether oxygens (including phenoxy) is 1. The molecule has 0 aliphatic rings. The molecule has 0 atom stereocenters. The number of nitrogens with zero attached hydrogens (tertiary/aromatic N) is 5. The summed E-state index contributed by atoms with van der Waals surface area (Å²) >= 11 is 1.65. The first-order valence-corrected chi connectivity index (χ1v) is 10.1. The Balaban J connectivity index is 2.03. The van der Waals surface area contributed by atoms with E-state index in [1.165, 1.54) is 7.11 Å². The number of azo groups is 1. The van der Waals surface area contributed by atoms with E-state index in [-0.39, 0.29) is 16.3 Å². The number of hydrogen-bond acceptors (Lipinski definition) is 10. The molecule has 0 radical (unpaired) electrons. The highest BCUT2D eigenvalue weighted by molar-refractivity contribution is 7.94. The molecule has 0 unspecified atom stereocenters. The number of aromatic nitrogens is 1. The molecular formula is C18H14F3N5O4S2. The molecule has 0 aliphatic heterocycles. The lowest BCUT2D eigenvalue weighted by Gasteiger charge is -2.18. The Morgan fingerprint density at radius 2 is 1.97 bits per heavy atom. The van der Waals surface area contributed by atoms with Crippen LogP contribution in [0.5, 0.6) is 5.75 Å². The van der Waals surface area contributed by atoms with E-state index in [4.69, 9.17) is 16.6 Å². The van der Waals surface area contributed by atoms with Gasteiger partial charge >= 0.3 is 6.18 Å². The van der Waals surface area contributed by atoms with E-state index in [1.54, 1.807) is 31.1 Å². The van der Waals surface area contributed by atoms with Crippen LogP contribution in [-0.2, 0) is 15.5 Å². The van der Waals surface area contributed by atoms with Gasteiger partial charge in [0.25, 0.3) is 0 Å². The van der Waals surface area contributed by atoms with Crippen molar-refractivity contribution in [2.24, 2.45) is 10.2 Å². The number of alkyl halides is 3.